The van der Waals surface area contributed by atoms with Crippen molar-refractivity contribution in [3.63, 3.8) is 0 Å². The Morgan fingerprint density at radius 3 is 2.65 bits per heavy atom. The number of benzene rings is 1. The van der Waals surface area contributed by atoms with E-state index >= 15 is 0 Å². The van der Waals surface area contributed by atoms with Crippen molar-refractivity contribution in [3.8, 4) is 0 Å². The van der Waals surface area contributed by atoms with Crippen LogP contribution >= 0.6 is 0 Å². The average molecular weight is 287 g/mol. The SMILES string of the molecule is CCOC(=O)/C=C(\C)c1ccccc1NCC(=O)O.[H-].[Na+]. The van der Waals surface area contributed by atoms with Crippen molar-refractivity contribution in [1.82, 2.24) is 0 Å². The van der Waals surface area contributed by atoms with E-state index in [1.165, 1.54) is 6.08 Å². The Balaban J connectivity index is 0. The second-order valence-electron chi connectivity index (χ2n) is 3.87. The molecule has 0 bridgehead atoms. The summed E-state index contributed by atoms with van der Waals surface area (Å²) in [4.78, 5) is 22.0. The van der Waals surface area contributed by atoms with Gasteiger partial charge in [-0.3, -0.25) is 4.79 Å². The Morgan fingerprint density at radius 1 is 1.40 bits per heavy atom. The number of carbonyl (C=O) groups is 2. The molecule has 1 aromatic rings. The Labute approximate surface area is 141 Å². The number of para-hydroxylation sites is 1. The third-order valence-corrected chi connectivity index (χ3v) is 2.40. The van der Waals surface area contributed by atoms with Crippen LogP contribution in [0.4, 0.5) is 5.69 Å². The van der Waals surface area contributed by atoms with Gasteiger partial charge in [-0.25, -0.2) is 4.79 Å². The fraction of sp³-hybridized carbons (Fsp3) is 0.286. The minimum atomic E-state index is -0.943. The summed E-state index contributed by atoms with van der Waals surface area (Å²) < 4.78 is 4.84. The fourth-order valence-electron chi connectivity index (χ4n) is 1.59. The van der Waals surface area contributed by atoms with Crippen LogP contribution in [0.25, 0.3) is 5.57 Å². The average Bonchev–Trinajstić information content (AvgIpc) is 2.36. The molecule has 1 rings (SSSR count). The Bertz CT molecular complexity index is 506. The molecule has 0 heterocycles. The number of hydrogen-bond acceptors (Lipinski definition) is 4. The number of carboxylic acids is 1. The maximum atomic E-state index is 11.4. The summed E-state index contributed by atoms with van der Waals surface area (Å²) in [7, 11) is 0. The van der Waals surface area contributed by atoms with Gasteiger partial charge in [-0.2, -0.15) is 0 Å². The van der Waals surface area contributed by atoms with E-state index in [0.29, 0.717) is 17.9 Å². The third kappa shape index (κ3) is 6.23. The molecule has 0 radical (unpaired) electrons. The van der Waals surface area contributed by atoms with Gasteiger partial charge < -0.3 is 16.6 Å². The van der Waals surface area contributed by atoms with Crippen LogP contribution in [-0.4, -0.2) is 30.2 Å². The number of hydrogen-bond donors (Lipinski definition) is 2. The van der Waals surface area contributed by atoms with Gasteiger partial charge in [0.1, 0.15) is 6.54 Å². The number of allylic oxidation sites excluding steroid dienone is 1. The fourth-order valence-corrected chi connectivity index (χ4v) is 1.59. The molecule has 0 atom stereocenters. The molecule has 0 saturated carbocycles. The molecular weight excluding hydrogens is 269 g/mol. The summed E-state index contributed by atoms with van der Waals surface area (Å²) in [6, 6.07) is 7.20. The smallest absolute Gasteiger partial charge is 1.00 e. The summed E-state index contributed by atoms with van der Waals surface area (Å²) in [6.07, 6.45) is 1.39. The second-order valence-corrected chi connectivity index (χ2v) is 3.87. The molecule has 0 amide bonds. The van der Waals surface area contributed by atoms with E-state index in [2.05, 4.69) is 5.32 Å². The van der Waals surface area contributed by atoms with Crippen LogP contribution in [-0.2, 0) is 14.3 Å². The summed E-state index contributed by atoms with van der Waals surface area (Å²) in [5.74, 6) is -1.35. The normalized spacial score (nSPS) is 10.4. The van der Waals surface area contributed by atoms with E-state index in [1.54, 1.807) is 26.0 Å². The van der Waals surface area contributed by atoms with E-state index < -0.39 is 11.9 Å². The van der Waals surface area contributed by atoms with Gasteiger partial charge in [0.05, 0.1) is 6.61 Å². The molecule has 0 unspecified atom stereocenters. The summed E-state index contributed by atoms with van der Waals surface area (Å²) >= 11 is 0. The predicted octanol–water partition coefficient (Wildman–Crippen LogP) is -0.734. The van der Waals surface area contributed by atoms with E-state index in [9.17, 15) is 9.59 Å². The van der Waals surface area contributed by atoms with Gasteiger partial charge in [0.15, 0.2) is 0 Å². The van der Waals surface area contributed by atoms with Gasteiger partial charge in [-0.1, -0.05) is 18.2 Å². The van der Waals surface area contributed by atoms with Crippen molar-refractivity contribution in [1.29, 1.82) is 0 Å². The first-order valence-electron chi connectivity index (χ1n) is 5.94. The maximum Gasteiger partial charge on any atom is 1.00 e. The van der Waals surface area contributed by atoms with Gasteiger partial charge >= 0.3 is 41.5 Å². The first-order valence-corrected chi connectivity index (χ1v) is 5.94. The van der Waals surface area contributed by atoms with E-state index in [4.69, 9.17) is 9.84 Å². The molecule has 0 aromatic heterocycles. The molecule has 0 spiro atoms. The molecule has 104 valence electrons. The first kappa shape index (κ1) is 18.7. The zero-order valence-electron chi connectivity index (χ0n) is 13.0. The van der Waals surface area contributed by atoms with Crippen molar-refractivity contribution in [3.05, 3.63) is 35.9 Å². The molecule has 0 aliphatic heterocycles. The standard InChI is InChI=1S/C14H17NO4.Na.H/c1-3-19-14(18)8-10(2)11-6-4-5-7-12(11)15-9-13(16)17;;/h4-8,15H,3,9H2,1-2H3,(H,16,17);;/q;+1;-1/b10-8+;;. The molecule has 5 nitrogen and oxygen atoms in total. The van der Waals surface area contributed by atoms with E-state index in [0.717, 1.165) is 5.56 Å². The van der Waals surface area contributed by atoms with Gasteiger partial charge in [0.2, 0.25) is 0 Å². The molecule has 0 aliphatic carbocycles. The van der Waals surface area contributed by atoms with Crippen molar-refractivity contribution in [2.75, 3.05) is 18.5 Å². The first-order chi connectivity index (χ1) is 9.04. The number of nitrogens with one attached hydrogen (secondary N) is 1. The second kappa shape index (κ2) is 9.58. The van der Waals surface area contributed by atoms with Crippen LogP contribution in [0.1, 0.15) is 20.8 Å². The molecule has 0 saturated heterocycles. The third-order valence-electron chi connectivity index (χ3n) is 2.40. The quantitative estimate of drug-likeness (QED) is 0.410. The van der Waals surface area contributed by atoms with Gasteiger partial charge in [-0.05, 0) is 25.5 Å². The van der Waals surface area contributed by atoms with Crippen molar-refractivity contribution in [2.45, 2.75) is 13.8 Å². The topological polar surface area (TPSA) is 75.6 Å². The number of carboxylic acid groups (broad SMARTS) is 1. The molecule has 6 heteroatoms. The molecule has 0 aliphatic rings. The van der Waals surface area contributed by atoms with E-state index in [1.807, 2.05) is 12.1 Å². The van der Waals surface area contributed by atoms with Crippen LogP contribution in [0, 0.1) is 0 Å². The summed E-state index contributed by atoms with van der Waals surface area (Å²) in [6.45, 7) is 3.66. The monoisotopic (exact) mass is 287 g/mol. The van der Waals surface area contributed by atoms with Crippen LogP contribution < -0.4 is 34.9 Å². The Hall–Kier alpha value is -1.30. The van der Waals surface area contributed by atoms with Crippen molar-refractivity contribution < 1.29 is 50.4 Å². The zero-order valence-corrected chi connectivity index (χ0v) is 14.0. The zero-order chi connectivity index (χ0) is 14.3. The number of ether oxygens (including phenoxy) is 1. The van der Waals surface area contributed by atoms with Crippen molar-refractivity contribution >= 4 is 23.2 Å². The van der Waals surface area contributed by atoms with Crippen LogP contribution in [0.15, 0.2) is 30.3 Å². The number of aliphatic carboxylic acids is 1. The summed E-state index contributed by atoms with van der Waals surface area (Å²) in [5.41, 5.74) is 2.16. The Kier molecular flexibility index (Phi) is 8.96. The summed E-state index contributed by atoms with van der Waals surface area (Å²) in [5, 5.41) is 11.5. The molecule has 2 N–H and O–H groups in total. The number of carbonyl (C=O) groups excluding carboxylic acids is 1. The predicted molar refractivity (Wildman–Crippen MR) is 74.0 cm³/mol. The van der Waals surface area contributed by atoms with Crippen LogP contribution in [0.5, 0.6) is 0 Å². The Morgan fingerprint density at radius 2 is 2.05 bits per heavy atom. The number of rotatable bonds is 6. The minimum Gasteiger partial charge on any atom is -1.00 e. The largest absolute Gasteiger partial charge is 1.00 e. The van der Waals surface area contributed by atoms with E-state index in [-0.39, 0.29) is 37.5 Å². The van der Waals surface area contributed by atoms with Crippen LogP contribution in [0.3, 0.4) is 0 Å². The minimum absolute atomic E-state index is 0. The van der Waals surface area contributed by atoms with Crippen molar-refractivity contribution in [2.24, 2.45) is 0 Å². The molecule has 0 fully saturated rings. The van der Waals surface area contributed by atoms with Gasteiger partial charge in [0, 0.05) is 17.3 Å². The molecule has 1 aromatic carbocycles. The number of esters is 1. The number of anilines is 1. The van der Waals surface area contributed by atoms with Gasteiger partial charge in [-0.15, -0.1) is 0 Å². The molecular formula is C14H18NNaO4. The maximum absolute atomic E-state index is 11.4. The van der Waals surface area contributed by atoms with Crippen LogP contribution in [0.2, 0.25) is 0 Å². The molecule has 20 heavy (non-hydrogen) atoms. The van der Waals surface area contributed by atoms with Gasteiger partial charge in [0.25, 0.3) is 0 Å².